The fourth-order valence-electron chi connectivity index (χ4n) is 2.47. The number of ether oxygens (including phenoxy) is 1. The Hall–Kier alpha value is -1.77. The molecule has 0 bridgehead atoms. The molecule has 10 heteroatoms. The lowest BCUT2D eigenvalue weighted by Gasteiger charge is -2.10. The Kier molecular flexibility index (Phi) is 5.21. The number of carbonyl (C=O) groups is 1. The summed E-state index contributed by atoms with van der Waals surface area (Å²) >= 11 is 12.0. The molecule has 1 aliphatic rings. The average Bonchev–Trinajstić information content (AvgIpc) is 3.13. The Morgan fingerprint density at radius 3 is 2.68 bits per heavy atom. The number of nitrogens with one attached hydrogen (secondary N) is 1. The second-order valence-corrected chi connectivity index (χ2v) is 8.68. The number of benzene rings is 1. The van der Waals surface area contributed by atoms with E-state index in [0.29, 0.717) is 22.2 Å². The third-order valence-electron chi connectivity index (χ3n) is 3.70. The minimum absolute atomic E-state index is 0.0224. The lowest BCUT2D eigenvalue weighted by molar-refractivity contribution is 0.0934. The van der Waals surface area contributed by atoms with Crippen LogP contribution in [0.3, 0.4) is 0 Å². The molecule has 1 N–H and O–H groups in total. The molecule has 7 nitrogen and oxygen atoms in total. The molecule has 134 valence electrons. The molecular weight excluding hydrogens is 389 g/mol. The first-order valence-corrected chi connectivity index (χ1v) is 10.0. The number of hydrogen-bond acceptors (Lipinski definition) is 5. The van der Waals surface area contributed by atoms with Crippen LogP contribution in [0.5, 0.6) is 5.75 Å². The summed E-state index contributed by atoms with van der Waals surface area (Å²) in [5.74, 6) is -0.0213. The fraction of sp³-hybridized carbons (Fsp3) is 0.333. The lowest BCUT2D eigenvalue weighted by Crippen LogP contribution is -2.35. The number of hydrogen-bond donors (Lipinski definition) is 1. The number of nitrogens with zero attached hydrogens (tertiary/aromatic N) is 2. The molecule has 1 atom stereocenters. The van der Waals surface area contributed by atoms with Gasteiger partial charge in [0, 0.05) is 12.2 Å². The highest BCUT2D eigenvalue weighted by atomic mass is 35.5. The van der Waals surface area contributed by atoms with E-state index < -0.39 is 15.7 Å². The van der Waals surface area contributed by atoms with Crippen LogP contribution in [0.25, 0.3) is 0 Å². The summed E-state index contributed by atoms with van der Waals surface area (Å²) in [7, 11) is -3.05. The monoisotopic (exact) mass is 403 g/mol. The van der Waals surface area contributed by atoms with Crippen molar-refractivity contribution in [3.63, 3.8) is 0 Å². The second kappa shape index (κ2) is 7.23. The van der Waals surface area contributed by atoms with E-state index in [1.165, 1.54) is 10.7 Å². The summed E-state index contributed by atoms with van der Waals surface area (Å²) in [6.07, 6.45) is 1.99. The second-order valence-electron chi connectivity index (χ2n) is 5.64. The van der Waals surface area contributed by atoms with Crippen molar-refractivity contribution in [3.8, 4) is 5.75 Å². The van der Waals surface area contributed by atoms with Gasteiger partial charge in [-0.05, 0) is 24.6 Å². The molecule has 1 aromatic heterocycles. The molecule has 2 aromatic rings. The maximum absolute atomic E-state index is 12.1. The van der Waals surface area contributed by atoms with Crippen molar-refractivity contribution in [2.45, 2.75) is 19.2 Å². The van der Waals surface area contributed by atoms with Crippen LogP contribution in [0.15, 0.2) is 30.5 Å². The normalized spacial score (nSPS) is 18.9. The van der Waals surface area contributed by atoms with Gasteiger partial charge in [-0.15, -0.1) is 0 Å². The van der Waals surface area contributed by atoms with Crippen molar-refractivity contribution in [2.75, 3.05) is 11.5 Å². The number of halogens is 2. The van der Waals surface area contributed by atoms with Crippen molar-refractivity contribution >= 4 is 38.9 Å². The van der Waals surface area contributed by atoms with Crippen molar-refractivity contribution in [3.05, 3.63) is 46.2 Å². The first-order valence-electron chi connectivity index (χ1n) is 7.45. The highest BCUT2D eigenvalue weighted by Crippen LogP contribution is 2.32. The van der Waals surface area contributed by atoms with E-state index in [0.717, 1.165) is 0 Å². The van der Waals surface area contributed by atoms with Crippen LogP contribution < -0.4 is 10.1 Å². The van der Waals surface area contributed by atoms with Crippen molar-refractivity contribution in [2.24, 2.45) is 0 Å². The Balaban J connectivity index is 1.60. The Morgan fingerprint density at radius 2 is 2.04 bits per heavy atom. The molecule has 25 heavy (non-hydrogen) atoms. The molecule has 0 aliphatic carbocycles. The molecule has 1 aliphatic heterocycles. The Morgan fingerprint density at radius 1 is 1.32 bits per heavy atom. The molecule has 0 radical (unpaired) electrons. The van der Waals surface area contributed by atoms with E-state index in [-0.39, 0.29) is 30.0 Å². The predicted octanol–water partition coefficient (Wildman–Crippen LogP) is 2.14. The van der Waals surface area contributed by atoms with Crippen molar-refractivity contribution < 1.29 is 17.9 Å². The molecule has 2 heterocycles. The Labute approximate surface area is 154 Å². The zero-order valence-corrected chi connectivity index (χ0v) is 15.3. The smallest absolute Gasteiger partial charge is 0.272 e. The summed E-state index contributed by atoms with van der Waals surface area (Å²) in [5.41, 5.74) is 0.179. The van der Waals surface area contributed by atoms with Crippen molar-refractivity contribution in [1.82, 2.24) is 15.1 Å². The molecule has 0 spiro atoms. The molecule has 1 aromatic carbocycles. The van der Waals surface area contributed by atoms with Gasteiger partial charge in [0.2, 0.25) is 0 Å². The van der Waals surface area contributed by atoms with Gasteiger partial charge in [-0.2, -0.15) is 5.10 Å². The van der Waals surface area contributed by atoms with Crippen LogP contribution in [-0.4, -0.2) is 41.7 Å². The number of amides is 1. The molecular formula is C15H15Cl2N3O4S. The van der Waals surface area contributed by atoms with Gasteiger partial charge in [0.25, 0.3) is 5.91 Å². The van der Waals surface area contributed by atoms with E-state index in [1.807, 2.05) is 0 Å². The van der Waals surface area contributed by atoms with Gasteiger partial charge >= 0.3 is 0 Å². The van der Waals surface area contributed by atoms with E-state index in [4.69, 9.17) is 27.9 Å². The van der Waals surface area contributed by atoms with E-state index in [2.05, 4.69) is 10.4 Å². The summed E-state index contributed by atoms with van der Waals surface area (Å²) in [4.78, 5) is 12.1. The van der Waals surface area contributed by atoms with E-state index in [9.17, 15) is 13.2 Å². The number of para-hydroxylation sites is 1. The van der Waals surface area contributed by atoms with Gasteiger partial charge in [-0.3, -0.25) is 4.79 Å². The molecule has 1 fully saturated rings. The van der Waals surface area contributed by atoms with Gasteiger partial charge in [-0.25, -0.2) is 13.1 Å². The van der Waals surface area contributed by atoms with Gasteiger partial charge in [-0.1, -0.05) is 29.3 Å². The first kappa shape index (κ1) is 18.0. The van der Waals surface area contributed by atoms with Gasteiger partial charge in [0.1, 0.15) is 5.69 Å². The van der Waals surface area contributed by atoms with Gasteiger partial charge in [0.05, 0.1) is 21.6 Å². The topological polar surface area (TPSA) is 90.3 Å². The summed E-state index contributed by atoms with van der Waals surface area (Å²) in [6, 6.07) is 6.16. The summed E-state index contributed by atoms with van der Waals surface area (Å²) in [5, 5.41) is 7.54. The highest BCUT2D eigenvalue weighted by molar-refractivity contribution is 7.91. The third-order valence-corrected chi connectivity index (χ3v) is 6.06. The number of rotatable bonds is 5. The average molecular weight is 404 g/mol. The molecule has 1 saturated heterocycles. The SMILES string of the molecule is O=C(NC1CCS(=O)(=O)C1)c1ccn(COc2c(Cl)cccc2Cl)n1. The van der Waals surface area contributed by atoms with Crippen LogP contribution in [0.2, 0.25) is 10.0 Å². The van der Waals surface area contributed by atoms with Crippen LogP contribution in [0.4, 0.5) is 0 Å². The van der Waals surface area contributed by atoms with Crippen LogP contribution >= 0.6 is 23.2 Å². The molecule has 0 saturated carbocycles. The van der Waals surface area contributed by atoms with Gasteiger partial charge in [0.15, 0.2) is 22.3 Å². The highest BCUT2D eigenvalue weighted by Gasteiger charge is 2.29. The zero-order valence-electron chi connectivity index (χ0n) is 13.0. The molecule has 1 amide bonds. The maximum atomic E-state index is 12.1. The quantitative estimate of drug-likeness (QED) is 0.825. The molecule has 1 unspecified atom stereocenters. The van der Waals surface area contributed by atoms with Crippen molar-refractivity contribution in [1.29, 1.82) is 0 Å². The van der Waals surface area contributed by atoms with Crippen LogP contribution in [-0.2, 0) is 16.6 Å². The number of carbonyl (C=O) groups excluding carboxylic acids is 1. The van der Waals surface area contributed by atoms with Crippen LogP contribution in [0.1, 0.15) is 16.9 Å². The molecule has 3 rings (SSSR count). The lowest BCUT2D eigenvalue weighted by atomic mass is 10.2. The zero-order chi connectivity index (χ0) is 18.0. The van der Waals surface area contributed by atoms with E-state index in [1.54, 1.807) is 24.4 Å². The van der Waals surface area contributed by atoms with Gasteiger partial charge < -0.3 is 10.1 Å². The largest absolute Gasteiger partial charge is 0.468 e. The predicted molar refractivity (Wildman–Crippen MR) is 93.8 cm³/mol. The minimum Gasteiger partial charge on any atom is -0.468 e. The fourth-order valence-corrected chi connectivity index (χ4v) is 4.65. The minimum atomic E-state index is -3.05. The number of sulfone groups is 1. The Bertz CT molecular complexity index is 878. The summed E-state index contributed by atoms with van der Waals surface area (Å²) in [6.45, 7) is 0.0224. The first-order chi connectivity index (χ1) is 11.8. The standard InChI is InChI=1S/C15H15Cl2N3O4S/c16-11-2-1-3-12(17)14(11)24-9-20-6-4-13(19-20)15(21)18-10-5-7-25(22,23)8-10/h1-4,6,10H,5,7-9H2,(H,18,21). The van der Waals surface area contributed by atoms with E-state index >= 15 is 0 Å². The maximum Gasteiger partial charge on any atom is 0.272 e. The van der Waals surface area contributed by atoms with Crippen LogP contribution in [0, 0.1) is 0 Å². The third kappa shape index (κ3) is 4.45. The summed E-state index contributed by atoms with van der Waals surface area (Å²) < 4.78 is 29.8. The number of aromatic nitrogens is 2.